The van der Waals surface area contributed by atoms with Crippen LogP contribution in [-0.4, -0.2) is 13.5 Å². The van der Waals surface area contributed by atoms with Gasteiger partial charge in [0.2, 0.25) is 0 Å². The molecule has 17 rings (SSSR count). The molecule has 0 bridgehead atoms. The van der Waals surface area contributed by atoms with Crippen LogP contribution >= 0.6 is 0 Å². The van der Waals surface area contributed by atoms with Gasteiger partial charge in [0.05, 0.1) is 38.5 Å². The van der Waals surface area contributed by atoms with E-state index in [9.17, 15) is 4.79 Å². The van der Waals surface area contributed by atoms with Crippen molar-refractivity contribution in [1.29, 1.82) is 0 Å². The smallest absolute Gasteiger partial charge is 0.263 e. The molecule has 0 N–H and O–H groups in total. The molecule has 0 atom stereocenters. The van der Waals surface area contributed by atoms with Crippen LogP contribution in [0.15, 0.2) is 241 Å². The fourth-order valence-corrected chi connectivity index (χ4v) is 13.7. The molecule has 0 aliphatic heterocycles. The molecule has 0 fully saturated rings. The lowest BCUT2D eigenvalue weighted by molar-refractivity contribution is 0.795. The van der Waals surface area contributed by atoms with Gasteiger partial charge in [0, 0.05) is 54.5 Å². The average Bonchev–Trinajstić information content (AvgIpc) is 4.22. The fourth-order valence-electron chi connectivity index (χ4n) is 13.7. The summed E-state index contributed by atoms with van der Waals surface area (Å²) in [5.74, 6) is 0. The van der Waals surface area contributed by atoms with Crippen LogP contribution < -0.4 is 5.56 Å². The summed E-state index contributed by atoms with van der Waals surface area (Å²) in [5.41, 5.74) is 21.4. The highest BCUT2D eigenvalue weighted by Crippen LogP contribution is 2.63. The molecule has 2 aliphatic rings. The number of nitrogens with zero attached hydrogens (tertiary/aromatic N) is 3. The summed E-state index contributed by atoms with van der Waals surface area (Å²) in [7, 11) is 0. The second-order valence-electron chi connectivity index (χ2n) is 19.9. The molecule has 0 amide bonds. The molecule has 4 nitrogen and oxygen atoms in total. The van der Waals surface area contributed by atoms with E-state index in [2.05, 4.69) is 228 Å². The van der Waals surface area contributed by atoms with Gasteiger partial charge in [-0.15, -0.1) is 0 Å². The van der Waals surface area contributed by atoms with Gasteiger partial charge in [-0.3, -0.25) is 9.20 Å². The van der Waals surface area contributed by atoms with E-state index in [0.717, 1.165) is 71.5 Å². The molecule has 1 spiro atoms. The highest BCUT2D eigenvalue weighted by Gasteiger charge is 2.51. The first-order chi connectivity index (χ1) is 35.6. The van der Waals surface area contributed by atoms with E-state index in [4.69, 9.17) is 0 Å². The molecule has 4 heteroatoms. The monoisotopic (exact) mass is 913 g/mol. The van der Waals surface area contributed by atoms with E-state index in [1.807, 2.05) is 22.6 Å². The molecule has 332 valence electrons. The van der Waals surface area contributed by atoms with Gasteiger partial charge >= 0.3 is 0 Å². The SMILES string of the molecule is O=c1c2ccccc2c2cccc3c4cc(-c5ccc(-n6c7ccccc7c7cc(-n8c9ccccc9c9cc%10c(cc98)-c8ccccc8C%108c9ccccc9-c9ccccc98)ccc76)cc5)ccc4n1c23. The minimum Gasteiger partial charge on any atom is -0.309 e. The highest BCUT2D eigenvalue weighted by molar-refractivity contribution is 6.21. The number of rotatable bonds is 3. The van der Waals surface area contributed by atoms with Crippen LogP contribution in [-0.2, 0) is 5.41 Å². The Hall–Kier alpha value is -9.51. The first kappa shape index (κ1) is 38.4. The zero-order chi connectivity index (χ0) is 47.0. The van der Waals surface area contributed by atoms with E-state index < -0.39 is 5.41 Å². The first-order valence-electron chi connectivity index (χ1n) is 24.9. The molecule has 15 aromatic rings. The molecule has 0 saturated heterocycles. The number of fused-ring (bicyclic) bond motifs is 21. The zero-order valence-corrected chi connectivity index (χ0v) is 38.8. The Morgan fingerprint density at radius 1 is 0.278 bits per heavy atom. The van der Waals surface area contributed by atoms with Gasteiger partial charge in [-0.1, -0.05) is 164 Å². The van der Waals surface area contributed by atoms with Gasteiger partial charge in [-0.25, -0.2) is 0 Å². The Kier molecular flexibility index (Phi) is 7.26. The van der Waals surface area contributed by atoms with Crippen LogP contribution in [0.5, 0.6) is 0 Å². The van der Waals surface area contributed by atoms with E-state index >= 15 is 0 Å². The Bertz CT molecular complexity index is 4900. The molecule has 0 unspecified atom stereocenters. The number of hydrogen-bond acceptors (Lipinski definition) is 1. The third-order valence-corrected chi connectivity index (χ3v) is 16.6. The summed E-state index contributed by atoms with van der Waals surface area (Å²) in [6, 6.07) is 86.8. The minimum absolute atomic E-state index is 0.0275. The fraction of sp³-hybridized carbons (Fsp3) is 0.0147. The van der Waals surface area contributed by atoms with E-state index in [1.165, 1.54) is 77.1 Å². The minimum atomic E-state index is -0.407. The second kappa shape index (κ2) is 13.6. The molecule has 11 aromatic carbocycles. The van der Waals surface area contributed by atoms with Crippen molar-refractivity contribution in [1.82, 2.24) is 13.5 Å². The Morgan fingerprint density at radius 2 is 0.750 bits per heavy atom. The molecule has 4 heterocycles. The largest absolute Gasteiger partial charge is 0.309 e. The molecule has 0 radical (unpaired) electrons. The van der Waals surface area contributed by atoms with Gasteiger partial charge < -0.3 is 9.13 Å². The van der Waals surface area contributed by atoms with Gasteiger partial charge in [0.1, 0.15) is 0 Å². The van der Waals surface area contributed by atoms with E-state index in [-0.39, 0.29) is 5.56 Å². The number of aromatic nitrogens is 3. The van der Waals surface area contributed by atoms with Gasteiger partial charge in [0.25, 0.3) is 5.56 Å². The average molecular weight is 914 g/mol. The second-order valence-corrected chi connectivity index (χ2v) is 19.9. The van der Waals surface area contributed by atoms with Crippen LogP contribution in [0.3, 0.4) is 0 Å². The molecular formula is C68H39N3O. The molecule has 72 heavy (non-hydrogen) atoms. The third-order valence-electron chi connectivity index (χ3n) is 16.6. The molecule has 4 aromatic heterocycles. The van der Waals surface area contributed by atoms with E-state index in [0.29, 0.717) is 0 Å². The van der Waals surface area contributed by atoms with Crippen molar-refractivity contribution in [3.63, 3.8) is 0 Å². The summed E-state index contributed by atoms with van der Waals surface area (Å²) in [6.07, 6.45) is 0. The lowest BCUT2D eigenvalue weighted by Gasteiger charge is -2.30. The van der Waals surface area contributed by atoms with Crippen molar-refractivity contribution in [3.8, 4) is 44.8 Å². The zero-order valence-electron chi connectivity index (χ0n) is 38.8. The number of pyridine rings is 1. The van der Waals surface area contributed by atoms with Gasteiger partial charge in [0.15, 0.2) is 0 Å². The lowest BCUT2D eigenvalue weighted by Crippen LogP contribution is -2.25. The molecule has 2 aliphatic carbocycles. The van der Waals surface area contributed by atoms with Crippen LogP contribution in [0.25, 0.3) is 126 Å². The van der Waals surface area contributed by atoms with Gasteiger partial charge in [-0.05, 0) is 134 Å². The van der Waals surface area contributed by atoms with Crippen molar-refractivity contribution >= 4 is 81.6 Å². The number of benzene rings is 11. The van der Waals surface area contributed by atoms with Crippen LogP contribution in [0, 0.1) is 0 Å². The first-order valence-corrected chi connectivity index (χ1v) is 24.9. The normalized spacial score (nSPS) is 13.4. The maximum absolute atomic E-state index is 14.0. The third kappa shape index (κ3) is 4.65. The van der Waals surface area contributed by atoms with E-state index in [1.54, 1.807) is 0 Å². The predicted molar refractivity (Wildman–Crippen MR) is 298 cm³/mol. The van der Waals surface area contributed by atoms with Crippen molar-refractivity contribution in [3.05, 3.63) is 269 Å². The maximum atomic E-state index is 14.0. The standard InChI is InChI=1S/C68H39N3O/c72-67-52-20-2-1-14-44(52)50-21-13-22-51-54-36-41(30-34-64(54)71(67)66(50)51)40-28-31-42(32-29-40)69-61-26-11-6-18-48(61)55-37-43(33-35-63(55)69)70-62-27-12-7-19-49(62)56-38-60-53(39-65(56)70)47-17-5-10-25-59(47)68(60)57-23-8-3-15-45(57)46-16-4-9-24-58(46)68/h1-39H. The Morgan fingerprint density at radius 3 is 1.43 bits per heavy atom. The summed E-state index contributed by atoms with van der Waals surface area (Å²) >= 11 is 0. The summed E-state index contributed by atoms with van der Waals surface area (Å²) in [4.78, 5) is 14.0. The Balaban J connectivity index is 0.821. The summed E-state index contributed by atoms with van der Waals surface area (Å²) < 4.78 is 6.81. The quantitative estimate of drug-likeness (QED) is 0.163. The number of hydrogen-bond donors (Lipinski definition) is 0. The van der Waals surface area contributed by atoms with Crippen LogP contribution in [0.1, 0.15) is 22.3 Å². The maximum Gasteiger partial charge on any atom is 0.263 e. The highest BCUT2D eigenvalue weighted by atomic mass is 16.1. The lowest BCUT2D eigenvalue weighted by atomic mass is 9.70. The molecular weight excluding hydrogens is 875 g/mol. The topological polar surface area (TPSA) is 31.3 Å². The Labute approximate surface area is 412 Å². The van der Waals surface area contributed by atoms with Crippen molar-refractivity contribution in [2.75, 3.05) is 0 Å². The van der Waals surface area contributed by atoms with Gasteiger partial charge in [-0.2, -0.15) is 0 Å². The van der Waals surface area contributed by atoms with Crippen molar-refractivity contribution in [2.45, 2.75) is 5.41 Å². The predicted octanol–water partition coefficient (Wildman–Crippen LogP) is 16.4. The summed E-state index contributed by atoms with van der Waals surface area (Å²) in [5, 5.41) is 9.94. The van der Waals surface area contributed by atoms with Crippen molar-refractivity contribution < 1.29 is 0 Å². The summed E-state index contributed by atoms with van der Waals surface area (Å²) in [6.45, 7) is 0. The molecule has 0 saturated carbocycles. The van der Waals surface area contributed by atoms with Crippen LogP contribution in [0.4, 0.5) is 0 Å². The van der Waals surface area contributed by atoms with Crippen molar-refractivity contribution in [2.24, 2.45) is 0 Å². The van der Waals surface area contributed by atoms with Crippen LogP contribution in [0.2, 0.25) is 0 Å². The number of para-hydroxylation sites is 3.